The molecule has 0 aliphatic heterocycles. The first-order valence-corrected chi connectivity index (χ1v) is 15.4. The number of benzene rings is 5. The first kappa shape index (κ1) is 31.0. The Morgan fingerprint density at radius 2 is 1.36 bits per heavy atom. The van der Waals surface area contributed by atoms with Gasteiger partial charge in [-0.25, -0.2) is 0 Å². The number of carbonyl (C=O) groups is 3. The third-order valence-electron chi connectivity index (χ3n) is 6.82. The van der Waals surface area contributed by atoms with Crippen molar-refractivity contribution in [3.05, 3.63) is 167 Å². The lowest BCUT2D eigenvalue weighted by Gasteiger charge is -2.12. The summed E-state index contributed by atoms with van der Waals surface area (Å²) in [4.78, 5) is 39.8. The van der Waals surface area contributed by atoms with Gasteiger partial charge in [0.1, 0.15) is 18.1 Å². The highest BCUT2D eigenvalue weighted by molar-refractivity contribution is 8.00. The van der Waals surface area contributed by atoms with Crippen molar-refractivity contribution in [2.75, 3.05) is 11.1 Å². The molecule has 5 aromatic carbocycles. The van der Waals surface area contributed by atoms with Crippen LogP contribution in [0.4, 0.5) is 5.69 Å². The highest BCUT2D eigenvalue weighted by Crippen LogP contribution is 2.22. The van der Waals surface area contributed by atoms with E-state index in [-0.39, 0.29) is 11.5 Å². The fourth-order valence-electron chi connectivity index (χ4n) is 4.31. The lowest BCUT2D eigenvalue weighted by atomic mass is 10.1. The first-order valence-electron chi connectivity index (χ1n) is 14.4. The quantitative estimate of drug-likeness (QED) is 0.0849. The maximum absolute atomic E-state index is 13.4. The second-order valence-electron chi connectivity index (χ2n) is 10.3. The Morgan fingerprint density at radius 3 is 2.02 bits per heavy atom. The number of ether oxygens (including phenoxy) is 1. The van der Waals surface area contributed by atoms with Gasteiger partial charge in [0.05, 0.1) is 5.75 Å². The van der Waals surface area contributed by atoms with Gasteiger partial charge in [-0.2, -0.15) is 0 Å². The van der Waals surface area contributed by atoms with Gasteiger partial charge in [0.15, 0.2) is 5.78 Å². The van der Waals surface area contributed by atoms with Crippen LogP contribution in [0, 0.1) is 6.92 Å². The number of aryl methyl sites for hydroxylation is 1. The molecule has 0 fully saturated rings. The van der Waals surface area contributed by atoms with Crippen molar-refractivity contribution in [2.24, 2.45) is 0 Å². The molecule has 0 saturated heterocycles. The monoisotopic (exact) mass is 612 g/mol. The van der Waals surface area contributed by atoms with Crippen LogP contribution in [0.3, 0.4) is 0 Å². The first-order chi connectivity index (χ1) is 21.9. The van der Waals surface area contributed by atoms with Crippen LogP contribution in [0.1, 0.15) is 37.4 Å². The Hall–Kier alpha value is -5.40. The summed E-state index contributed by atoms with van der Waals surface area (Å²) >= 11 is 1.43. The molecule has 0 heterocycles. The van der Waals surface area contributed by atoms with E-state index in [1.807, 2.05) is 104 Å². The van der Waals surface area contributed by atoms with Gasteiger partial charge < -0.3 is 15.4 Å². The number of carbonyl (C=O) groups excluding carboxylic acids is 3. The minimum absolute atomic E-state index is 0.0529. The average molecular weight is 613 g/mol. The lowest BCUT2D eigenvalue weighted by Crippen LogP contribution is -2.30. The van der Waals surface area contributed by atoms with Crippen LogP contribution in [-0.4, -0.2) is 23.4 Å². The molecule has 0 aliphatic carbocycles. The third kappa shape index (κ3) is 9.29. The lowest BCUT2D eigenvalue weighted by molar-refractivity contribution is -0.113. The van der Waals surface area contributed by atoms with Gasteiger partial charge in [-0.3, -0.25) is 14.4 Å². The minimum Gasteiger partial charge on any atom is -0.489 e. The van der Waals surface area contributed by atoms with Crippen molar-refractivity contribution >= 4 is 41.1 Å². The molecule has 0 saturated carbocycles. The van der Waals surface area contributed by atoms with Gasteiger partial charge in [-0.05, 0) is 72.7 Å². The topological polar surface area (TPSA) is 84.5 Å². The summed E-state index contributed by atoms with van der Waals surface area (Å²) in [7, 11) is 0. The number of amides is 2. The summed E-state index contributed by atoms with van der Waals surface area (Å²) in [5.41, 5.74) is 4.64. The molecule has 0 aliphatic rings. The standard InChI is InChI=1S/C38H32N2O4S/c1-27-12-16-30(17-13-27)36(41)26-45-34-22-18-32(19-23-34)39-38(43)35(40-37(42)31-10-6-3-7-11-31)24-28-14-20-33(21-15-28)44-25-29-8-4-2-5-9-29/h2-24H,25-26H2,1H3,(H,39,43)(H,40,42)/b35-24-. The molecule has 2 amide bonds. The van der Waals surface area contributed by atoms with Gasteiger partial charge in [-0.1, -0.05) is 90.5 Å². The molecule has 0 unspecified atom stereocenters. The van der Waals surface area contributed by atoms with Crippen LogP contribution >= 0.6 is 11.8 Å². The van der Waals surface area contributed by atoms with E-state index in [0.29, 0.717) is 40.5 Å². The predicted octanol–water partition coefficient (Wildman–Crippen LogP) is 7.96. The summed E-state index contributed by atoms with van der Waals surface area (Å²) in [5.74, 6) is 0.179. The van der Waals surface area contributed by atoms with E-state index < -0.39 is 11.8 Å². The summed E-state index contributed by atoms with van der Waals surface area (Å²) in [6.45, 7) is 2.43. The van der Waals surface area contributed by atoms with Crippen molar-refractivity contribution in [3.63, 3.8) is 0 Å². The van der Waals surface area contributed by atoms with Crippen LogP contribution in [0.25, 0.3) is 6.08 Å². The Labute approximate surface area is 267 Å². The normalized spacial score (nSPS) is 11.0. The number of anilines is 1. The molecule has 0 atom stereocenters. The molecule has 0 aromatic heterocycles. The van der Waals surface area contributed by atoms with Gasteiger partial charge in [-0.15, -0.1) is 11.8 Å². The Balaban J connectivity index is 1.25. The van der Waals surface area contributed by atoms with Crippen molar-refractivity contribution in [1.29, 1.82) is 0 Å². The zero-order valence-electron chi connectivity index (χ0n) is 24.7. The molecule has 45 heavy (non-hydrogen) atoms. The number of hydrogen-bond acceptors (Lipinski definition) is 5. The number of thioether (sulfide) groups is 1. The van der Waals surface area contributed by atoms with Crippen LogP contribution in [0.2, 0.25) is 0 Å². The van der Waals surface area contributed by atoms with Crippen LogP contribution in [0.15, 0.2) is 144 Å². The molecule has 0 spiro atoms. The van der Waals surface area contributed by atoms with E-state index in [1.54, 1.807) is 42.5 Å². The second-order valence-corrected chi connectivity index (χ2v) is 11.3. The zero-order chi connectivity index (χ0) is 31.4. The fourth-order valence-corrected chi connectivity index (χ4v) is 5.11. The summed E-state index contributed by atoms with van der Waals surface area (Å²) in [5, 5.41) is 5.63. The van der Waals surface area contributed by atoms with E-state index in [0.717, 1.165) is 16.0 Å². The number of nitrogens with one attached hydrogen (secondary N) is 2. The SMILES string of the molecule is Cc1ccc(C(=O)CSc2ccc(NC(=O)/C(=C/c3ccc(OCc4ccccc4)cc3)NC(=O)c3ccccc3)cc2)cc1. The largest absolute Gasteiger partial charge is 0.489 e. The average Bonchev–Trinajstić information content (AvgIpc) is 3.08. The van der Waals surface area contributed by atoms with E-state index in [9.17, 15) is 14.4 Å². The zero-order valence-corrected chi connectivity index (χ0v) is 25.6. The summed E-state index contributed by atoms with van der Waals surface area (Å²) in [6, 6.07) is 40.7. The number of hydrogen-bond donors (Lipinski definition) is 2. The maximum Gasteiger partial charge on any atom is 0.272 e. The van der Waals surface area contributed by atoms with Gasteiger partial charge >= 0.3 is 0 Å². The Bertz CT molecular complexity index is 1770. The van der Waals surface area contributed by atoms with Gasteiger partial charge in [0, 0.05) is 21.7 Å². The van der Waals surface area contributed by atoms with Crippen molar-refractivity contribution in [1.82, 2.24) is 5.32 Å². The van der Waals surface area contributed by atoms with Gasteiger partial charge in [0.25, 0.3) is 11.8 Å². The Morgan fingerprint density at radius 1 is 0.711 bits per heavy atom. The van der Waals surface area contributed by atoms with E-state index in [1.165, 1.54) is 11.8 Å². The van der Waals surface area contributed by atoms with Crippen LogP contribution in [-0.2, 0) is 11.4 Å². The molecule has 7 heteroatoms. The minimum atomic E-state index is -0.473. The molecule has 5 rings (SSSR count). The molecular weight excluding hydrogens is 580 g/mol. The fraction of sp³-hybridized carbons (Fsp3) is 0.0789. The second kappa shape index (κ2) is 15.4. The smallest absolute Gasteiger partial charge is 0.272 e. The Kier molecular flexibility index (Phi) is 10.6. The molecule has 5 aromatic rings. The van der Waals surface area contributed by atoms with E-state index in [2.05, 4.69) is 10.6 Å². The summed E-state index contributed by atoms with van der Waals surface area (Å²) < 4.78 is 5.88. The predicted molar refractivity (Wildman–Crippen MR) is 180 cm³/mol. The maximum atomic E-state index is 13.4. The summed E-state index contributed by atoms with van der Waals surface area (Å²) in [6.07, 6.45) is 1.62. The molecule has 0 bridgehead atoms. The molecule has 224 valence electrons. The van der Waals surface area contributed by atoms with E-state index in [4.69, 9.17) is 4.74 Å². The molecule has 6 nitrogen and oxygen atoms in total. The van der Waals surface area contributed by atoms with Crippen LogP contribution < -0.4 is 15.4 Å². The molecular formula is C38H32N2O4S. The van der Waals surface area contributed by atoms with Crippen molar-refractivity contribution in [2.45, 2.75) is 18.4 Å². The number of rotatable bonds is 12. The highest BCUT2D eigenvalue weighted by atomic mass is 32.2. The van der Waals surface area contributed by atoms with E-state index >= 15 is 0 Å². The molecule has 0 radical (unpaired) electrons. The van der Waals surface area contributed by atoms with Crippen molar-refractivity contribution in [3.8, 4) is 5.75 Å². The van der Waals surface area contributed by atoms with Crippen molar-refractivity contribution < 1.29 is 19.1 Å². The van der Waals surface area contributed by atoms with Crippen LogP contribution in [0.5, 0.6) is 5.75 Å². The number of ketones is 1. The number of Topliss-reactive ketones (excluding diaryl/α,β-unsaturated/α-hetero) is 1. The van der Waals surface area contributed by atoms with Gasteiger partial charge in [0.2, 0.25) is 0 Å². The third-order valence-corrected chi connectivity index (χ3v) is 7.84. The highest BCUT2D eigenvalue weighted by Gasteiger charge is 2.15. The molecule has 2 N–H and O–H groups in total.